The molecule has 0 saturated carbocycles. The number of thiol groups is 1. The van der Waals surface area contributed by atoms with Gasteiger partial charge in [0.15, 0.2) is 5.96 Å². The molecular formula is C40H62N12O14S. The monoisotopic (exact) mass is 966 g/mol. The molecule has 0 aromatic heterocycles. The van der Waals surface area contributed by atoms with Crippen LogP contribution in [0.4, 0.5) is 0 Å². The van der Waals surface area contributed by atoms with E-state index in [-0.39, 0.29) is 56.2 Å². The van der Waals surface area contributed by atoms with Crippen molar-refractivity contribution >= 4 is 77.8 Å². The molecule has 372 valence electrons. The molecule has 17 N–H and O–H groups in total. The van der Waals surface area contributed by atoms with Gasteiger partial charge in [-0.25, -0.2) is 4.79 Å². The van der Waals surface area contributed by atoms with Crippen molar-refractivity contribution in [3.63, 3.8) is 0 Å². The van der Waals surface area contributed by atoms with Gasteiger partial charge in [0, 0.05) is 25.3 Å². The minimum Gasteiger partial charge on any atom is -0.508 e. The molecule has 27 heteroatoms. The van der Waals surface area contributed by atoms with E-state index in [1.54, 1.807) is 13.8 Å². The fourth-order valence-corrected chi connectivity index (χ4v) is 6.72. The molecule has 8 atom stereocenters. The highest BCUT2D eigenvalue weighted by Crippen LogP contribution is 2.20. The molecule has 26 nitrogen and oxygen atoms in total. The van der Waals surface area contributed by atoms with Gasteiger partial charge in [-0.15, -0.1) is 0 Å². The summed E-state index contributed by atoms with van der Waals surface area (Å²) in [6.45, 7) is 1.09. The molecule has 1 aliphatic rings. The zero-order valence-corrected chi connectivity index (χ0v) is 38.0. The number of nitrogens with one attached hydrogen (secondary N) is 7. The minimum absolute atomic E-state index is 0.0396. The van der Waals surface area contributed by atoms with Gasteiger partial charge in [-0.05, 0) is 49.3 Å². The largest absolute Gasteiger partial charge is 0.508 e. The summed E-state index contributed by atoms with van der Waals surface area (Å²) >= 11 is 3.94. The predicted octanol–water partition coefficient (Wildman–Crippen LogP) is -5.51. The van der Waals surface area contributed by atoms with Crippen LogP contribution >= 0.6 is 12.6 Å². The summed E-state index contributed by atoms with van der Waals surface area (Å²) in [7, 11) is 0. The van der Waals surface area contributed by atoms with E-state index in [4.69, 9.17) is 17.2 Å². The molecule has 2 rings (SSSR count). The number of phenols is 1. The van der Waals surface area contributed by atoms with Gasteiger partial charge in [-0.1, -0.05) is 32.4 Å². The highest BCUT2D eigenvalue weighted by Gasteiger charge is 2.39. The smallest absolute Gasteiger partial charge is 0.326 e. The van der Waals surface area contributed by atoms with Crippen molar-refractivity contribution in [2.75, 3.05) is 38.5 Å². The summed E-state index contributed by atoms with van der Waals surface area (Å²) in [5, 5.41) is 55.1. The Balaban J connectivity index is 2.15. The second-order valence-electron chi connectivity index (χ2n) is 15.6. The van der Waals surface area contributed by atoms with Crippen LogP contribution in [-0.2, 0) is 54.4 Å². The first-order valence-corrected chi connectivity index (χ1v) is 21.9. The molecule has 8 amide bonds. The number of guanidine groups is 1. The van der Waals surface area contributed by atoms with Crippen LogP contribution in [0.25, 0.3) is 0 Å². The van der Waals surface area contributed by atoms with Crippen molar-refractivity contribution in [3.8, 4) is 5.75 Å². The number of phenolic OH excluding ortho intramolecular Hbond substituents is 1. The number of aliphatic imine (C=N–C) groups is 1. The number of carboxylic acid groups (broad SMARTS) is 2. The van der Waals surface area contributed by atoms with Crippen molar-refractivity contribution in [2.45, 2.75) is 101 Å². The Labute approximate surface area is 390 Å². The zero-order chi connectivity index (χ0) is 50.4. The lowest BCUT2D eigenvalue weighted by molar-refractivity contribution is -0.146. The lowest BCUT2D eigenvalue weighted by atomic mass is 9.97. The normalized spacial score (nSPS) is 16.3. The molecule has 0 aliphatic carbocycles. The molecule has 8 unspecified atom stereocenters. The average Bonchev–Trinajstić information content (AvgIpc) is 3.78. The van der Waals surface area contributed by atoms with Gasteiger partial charge >= 0.3 is 11.9 Å². The van der Waals surface area contributed by atoms with E-state index in [0.29, 0.717) is 18.4 Å². The molecular weight excluding hydrogens is 905 g/mol. The van der Waals surface area contributed by atoms with Crippen LogP contribution in [0.15, 0.2) is 29.3 Å². The number of benzene rings is 1. The van der Waals surface area contributed by atoms with E-state index in [0.717, 1.165) is 4.90 Å². The van der Waals surface area contributed by atoms with E-state index in [1.807, 2.05) is 0 Å². The fourth-order valence-electron chi connectivity index (χ4n) is 6.55. The highest BCUT2D eigenvalue weighted by molar-refractivity contribution is 7.80. The number of nitrogens with two attached hydrogens (primary N) is 3. The number of amides is 8. The Hall–Kier alpha value is -6.74. The number of aliphatic carboxylic acids is 2. The molecule has 1 fully saturated rings. The molecule has 1 aromatic carbocycles. The number of likely N-dealkylation sites (tertiary alicyclic amines) is 1. The Morgan fingerprint density at radius 3 is 1.99 bits per heavy atom. The van der Waals surface area contributed by atoms with Gasteiger partial charge in [0.25, 0.3) is 0 Å². The predicted molar refractivity (Wildman–Crippen MR) is 240 cm³/mol. The number of aliphatic hydroxyl groups excluding tert-OH is 1. The SMILES string of the molecule is CCC(C)C(NC(=O)C(Cc1ccc(O)cc1)NC(=O)CNC(=O)C1CCCN1C(=O)C(CC(=O)O)NC(=O)C(N)CS)C(=O)NCC(=O)NC(CO)C(=O)NC(CCCN=C(N)N)C(=O)O. The topological polar surface area (TPSA) is 429 Å². The Kier molecular flexibility index (Phi) is 23.8. The molecule has 0 bridgehead atoms. The number of aromatic hydroxyl groups is 1. The van der Waals surface area contributed by atoms with Crippen molar-refractivity contribution < 1.29 is 68.4 Å². The quantitative estimate of drug-likeness (QED) is 0.0161. The van der Waals surface area contributed by atoms with E-state index in [1.165, 1.54) is 24.3 Å². The number of hydrogen-bond acceptors (Lipinski definition) is 15. The zero-order valence-electron chi connectivity index (χ0n) is 37.1. The average molecular weight is 967 g/mol. The van der Waals surface area contributed by atoms with Crippen LogP contribution in [-0.4, -0.2) is 171 Å². The molecule has 1 saturated heterocycles. The maximum absolute atomic E-state index is 13.9. The second kappa shape index (κ2) is 28.3. The summed E-state index contributed by atoms with van der Waals surface area (Å²) in [6.07, 6.45) is -0.0676. The van der Waals surface area contributed by atoms with Gasteiger partial charge in [-0.2, -0.15) is 12.6 Å². The number of rotatable bonds is 28. The molecule has 67 heavy (non-hydrogen) atoms. The third-order valence-electron chi connectivity index (χ3n) is 10.4. The highest BCUT2D eigenvalue weighted by atomic mass is 32.1. The van der Waals surface area contributed by atoms with Crippen LogP contribution < -0.4 is 54.4 Å². The maximum Gasteiger partial charge on any atom is 0.326 e. The van der Waals surface area contributed by atoms with Crippen molar-refractivity contribution in [1.29, 1.82) is 0 Å². The minimum atomic E-state index is -1.61. The first kappa shape index (κ1) is 56.4. The molecule has 1 heterocycles. The number of carboxylic acids is 2. The van der Waals surface area contributed by atoms with Crippen molar-refractivity contribution in [2.24, 2.45) is 28.1 Å². The van der Waals surface area contributed by atoms with Crippen molar-refractivity contribution in [3.05, 3.63) is 29.8 Å². The van der Waals surface area contributed by atoms with Gasteiger partial charge < -0.3 is 79.7 Å². The number of aliphatic hydroxyl groups is 1. The summed E-state index contributed by atoms with van der Waals surface area (Å²) < 4.78 is 0. The third-order valence-corrected chi connectivity index (χ3v) is 10.8. The number of nitrogens with zero attached hydrogens (tertiary/aromatic N) is 2. The van der Waals surface area contributed by atoms with Gasteiger partial charge in [0.1, 0.15) is 42.0 Å². The lowest BCUT2D eigenvalue weighted by Gasteiger charge is -2.29. The van der Waals surface area contributed by atoms with E-state index in [9.17, 15) is 68.4 Å². The second-order valence-corrected chi connectivity index (χ2v) is 16.0. The van der Waals surface area contributed by atoms with Crippen molar-refractivity contribution in [1.82, 2.24) is 42.1 Å². The van der Waals surface area contributed by atoms with Gasteiger partial charge in [0.05, 0.1) is 32.2 Å². The van der Waals surface area contributed by atoms with E-state index < -0.39 is 134 Å². The van der Waals surface area contributed by atoms with Gasteiger partial charge in [0.2, 0.25) is 47.3 Å². The fraction of sp³-hybridized carbons (Fsp3) is 0.575. The van der Waals surface area contributed by atoms with Crippen LogP contribution in [0.2, 0.25) is 0 Å². The summed E-state index contributed by atoms with van der Waals surface area (Å²) in [5.41, 5.74) is 16.6. The Bertz CT molecular complexity index is 1950. The van der Waals surface area contributed by atoms with Crippen LogP contribution in [0.3, 0.4) is 0 Å². The molecule has 0 radical (unpaired) electrons. The van der Waals surface area contributed by atoms with Crippen LogP contribution in [0.5, 0.6) is 5.75 Å². The van der Waals surface area contributed by atoms with Crippen LogP contribution in [0, 0.1) is 5.92 Å². The lowest BCUT2D eigenvalue weighted by Crippen LogP contribution is -2.58. The summed E-state index contributed by atoms with van der Waals surface area (Å²) in [5.74, 6) is -10.8. The number of hydrogen-bond donors (Lipinski definition) is 15. The third kappa shape index (κ3) is 19.3. The van der Waals surface area contributed by atoms with E-state index in [2.05, 4.69) is 54.8 Å². The Morgan fingerprint density at radius 1 is 0.821 bits per heavy atom. The standard InChI is InChI=1S/C40H62N12O14S/c1-3-20(2)32(37(63)46-17-30(56)48-27(18-53)35(61)49-24(39(65)66)6-4-12-44-40(42)43)51-34(60)25(14-21-8-10-22(54)11-9-21)47-29(55)16-45-36(62)28-7-5-13-52(28)38(64)26(15-31(57)58)50-33(59)23(41)19-67/h8-11,20,23-28,32,53-54,67H,3-7,12-19,41H2,1-2H3,(H,45,62)(H,46,63)(H,47,55)(H,48,56)(H,49,61)(H,50,59)(H,51,60)(H,57,58)(H,65,66)(H4,42,43,44). The van der Waals surface area contributed by atoms with Crippen LogP contribution in [0.1, 0.15) is 57.9 Å². The first-order valence-electron chi connectivity index (χ1n) is 21.2. The Morgan fingerprint density at radius 2 is 1.42 bits per heavy atom. The maximum atomic E-state index is 13.9. The van der Waals surface area contributed by atoms with Gasteiger partial charge in [-0.3, -0.25) is 48.1 Å². The summed E-state index contributed by atoms with van der Waals surface area (Å²) in [6, 6.07) is -3.90. The number of carbonyl (C=O) groups is 10. The molecule has 0 spiro atoms. The summed E-state index contributed by atoms with van der Waals surface area (Å²) in [4.78, 5) is 134. The molecule has 1 aromatic rings. The van der Waals surface area contributed by atoms with E-state index >= 15 is 0 Å². The number of carbonyl (C=O) groups excluding carboxylic acids is 8. The molecule has 1 aliphatic heterocycles. The first-order chi connectivity index (χ1) is 31.6.